The summed E-state index contributed by atoms with van der Waals surface area (Å²) in [7, 11) is 0. The second-order valence-electron chi connectivity index (χ2n) is 4.49. The van der Waals surface area contributed by atoms with E-state index >= 15 is 0 Å². The average molecular weight is 410 g/mol. The third kappa shape index (κ3) is 2.84. The van der Waals surface area contributed by atoms with Gasteiger partial charge in [-0.1, -0.05) is 21.1 Å². The normalized spacial score (nSPS) is 10.8. The first-order valence-electron chi connectivity index (χ1n) is 6.06. The van der Waals surface area contributed by atoms with Crippen LogP contribution in [0, 0.1) is 6.92 Å². The monoisotopic (exact) mass is 408 g/mol. The van der Waals surface area contributed by atoms with Crippen molar-refractivity contribution >= 4 is 37.5 Å². The van der Waals surface area contributed by atoms with Crippen LogP contribution in [0.2, 0.25) is 0 Å². The summed E-state index contributed by atoms with van der Waals surface area (Å²) in [6, 6.07) is 7.50. The molecule has 3 aromatic rings. The van der Waals surface area contributed by atoms with Crippen molar-refractivity contribution in [3.8, 4) is 23.0 Å². The van der Waals surface area contributed by atoms with Gasteiger partial charge in [-0.3, -0.25) is 4.98 Å². The molecule has 2 N–H and O–H groups in total. The number of benzene rings is 1. The number of hydrogen-bond acceptors (Lipinski definition) is 5. The second kappa shape index (κ2) is 5.57. The van der Waals surface area contributed by atoms with E-state index in [4.69, 9.17) is 10.3 Å². The highest BCUT2D eigenvalue weighted by molar-refractivity contribution is 9.11. The number of pyridine rings is 1. The van der Waals surface area contributed by atoms with E-state index in [1.54, 1.807) is 6.20 Å². The van der Waals surface area contributed by atoms with E-state index in [0.717, 1.165) is 14.5 Å². The lowest BCUT2D eigenvalue weighted by molar-refractivity contribution is 0.432. The molecule has 2 heterocycles. The second-order valence-corrected chi connectivity index (χ2v) is 6.26. The number of anilines is 1. The van der Waals surface area contributed by atoms with Crippen LogP contribution < -0.4 is 5.73 Å². The van der Waals surface area contributed by atoms with E-state index in [1.165, 1.54) is 0 Å². The molecule has 0 radical (unpaired) electrons. The fourth-order valence-electron chi connectivity index (χ4n) is 1.86. The number of aryl methyl sites for hydroxylation is 1. The number of nitrogens with two attached hydrogens (primary N) is 1. The van der Waals surface area contributed by atoms with E-state index in [0.29, 0.717) is 28.7 Å². The summed E-state index contributed by atoms with van der Waals surface area (Å²) in [5.74, 6) is 0.789. The van der Waals surface area contributed by atoms with Crippen molar-refractivity contribution in [1.29, 1.82) is 0 Å². The molecule has 0 amide bonds. The Kier molecular flexibility index (Phi) is 3.77. The molecule has 0 spiro atoms. The highest BCUT2D eigenvalue weighted by Crippen LogP contribution is 2.34. The summed E-state index contributed by atoms with van der Waals surface area (Å²) in [6.45, 7) is 1.98. The van der Waals surface area contributed by atoms with Gasteiger partial charge in [0.2, 0.25) is 5.82 Å². The van der Waals surface area contributed by atoms with Crippen molar-refractivity contribution in [2.24, 2.45) is 0 Å². The number of aromatic nitrogens is 3. The summed E-state index contributed by atoms with van der Waals surface area (Å²) in [4.78, 5) is 8.61. The minimum absolute atomic E-state index is 0.354. The first-order valence-corrected chi connectivity index (χ1v) is 7.65. The molecular formula is C14H10Br2N4O. The standard InChI is InChI=1S/C14H10Br2N4O/c1-7-2-3-18-11(4-7)13-19-14(21-20-13)9-5-8(15)6-10(16)12(9)17/h2-6H,17H2,1H3. The van der Waals surface area contributed by atoms with Crippen LogP contribution in [0.25, 0.3) is 23.0 Å². The van der Waals surface area contributed by atoms with Crippen molar-refractivity contribution in [2.45, 2.75) is 6.92 Å². The Morgan fingerprint density at radius 3 is 2.76 bits per heavy atom. The minimum atomic E-state index is 0.354. The molecule has 0 fully saturated rings. The largest absolute Gasteiger partial charge is 0.397 e. The van der Waals surface area contributed by atoms with Gasteiger partial charge < -0.3 is 10.3 Å². The third-order valence-electron chi connectivity index (χ3n) is 2.90. The Hall–Kier alpha value is -1.73. The van der Waals surface area contributed by atoms with Gasteiger partial charge in [-0.2, -0.15) is 4.98 Å². The number of halogens is 2. The number of hydrogen-bond donors (Lipinski definition) is 1. The lowest BCUT2D eigenvalue weighted by atomic mass is 10.2. The summed E-state index contributed by atoms with van der Waals surface area (Å²) in [5, 5.41) is 3.97. The zero-order valence-electron chi connectivity index (χ0n) is 11.0. The van der Waals surface area contributed by atoms with Gasteiger partial charge in [0.15, 0.2) is 0 Å². The number of nitrogens with zero attached hydrogens (tertiary/aromatic N) is 3. The lowest BCUT2D eigenvalue weighted by Gasteiger charge is -2.04. The van der Waals surface area contributed by atoms with E-state index in [-0.39, 0.29) is 0 Å². The van der Waals surface area contributed by atoms with Crippen LogP contribution in [0.15, 0.2) is 43.9 Å². The van der Waals surface area contributed by atoms with Gasteiger partial charge in [0.25, 0.3) is 5.89 Å². The van der Waals surface area contributed by atoms with Crippen LogP contribution in [0.1, 0.15) is 5.56 Å². The van der Waals surface area contributed by atoms with Crippen LogP contribution in [0.5, 0.6) is 0 Å². The fraction of sp³-hybridized carbons (Fsp3) is 0.0714. The van der Waals surface area contributed by atoms with E-state index in [9.17, 15) is 0 Å². The molecule has 0 saturated heterocycles. The smallest absolute Gasteiger partial charge is 0.260 e. The van der Waals surface area contributed by atoms with Crippen molar-refractivity contribution in [1.82, 2.24) is 15.1 Å². The maximum absolute atomic E-state index is 6.04. The fourth-order valence-corrected chi connectivity index (χ4v) is 3.08. The molecule has 21 heavy (non-hydrogen) atoms. The van der Waals surface area contributed by atoms with Gasteiger partial charge in [0.05, 0.1) is 11.3 Å². The predicted octanol–water partition coefficient (Wildman–Crippen LogP) is 4.21. The van der Waals surface area contributed by atoms with Crippen LogP contribution in [-0.2, 0) is 0 Å². The minimum Gasteiger partial charge on any atom is -0.397 e. The molecule has 1 aromatic carbocycles. The van der Waals surface area contributed by atoms with Crippen molar-refractivity contribution < 1.29 is 4.52 Å². The quantitative estimate of drug-likeness (QED) is 0.641. The molecule has 0 bridgehead atoms. The van der Waals surface area contributed by atoms with Crippen LogP contribution in [0.4, 0.5) is 5.69 Å². The molecule has 0 unspecified atom stereocenters. The van der Waals surface area contributed by atoms with Crippen LogP contribution in [0.3, 0.4) is 0 Å². The zero-order valence-corrected chi connectivity index (χ0v) is 14.1. The molecule has 0 aliphatic heterocycles. The predicted molar refractivity (Wildman–Crippen MR) is 87.5 cm³/mol. The summed E-state index contributed by atoms with van der Waals surface area (Å²) in [6.07, 6.45) is 1.71. The summed E-state index contributed by atoms with van der Waals surface area (Å²) in [5.41, 5.74) is 9.00. The number of rotatable bonds is 2. The van der Waals surface area contributed by atoms with Gasteiger partial charge in [-0.15, -0.1) is 0 Å². The molecule has 0 saturated carbocycles. The van der Waals surface area contributed by atoms with E-state index < -0.39 is 0 Å². The average Bonchev–Trinajstić information content (AvgIpc) is 2.92. The summed E-state index contributed by atoms with van der Waals surface area (Å²) < 4.78 is 6.94. The first-order chi connectivity index (χ1) is 10.0. The van der Waals surface area contributed by atoms with Crippen LogP contribution in [-0.4, -0.2) is 15.1 Å². The SMILES string of the molecule is Cc1ccnc(-c2noc(-c3cc(Br)cc(Br)c3N)n2)c1. The van der Waals surface area contributed by atoms with E-state index in [1.807, 2.05) is 31.2 Å². The molecule has 3 rings (SSSR count). The third-order valence-corrected chi connectivity index (χ3v) is 4.01. The maximum Gasteiger partial charge on any atom is 0.260 e. The summed E-state index contributed by atoms with van der Waals surface area (Å²) >= 11 is 6.82. The Balaban J connectivity index is 2.07. The lowest BCUT2D eigenvalue weighted by Crippen LogP contribution is -1.92. The van der Waals surface area contributed by atoms with Crippen molar-refractivity contribution in [3.63, 3.8) is 0 Å². The molecular weight excluding hydrogens is 400 g/mol. The van der Waals surface area contributed by atoms with E-state index in [2.05, 4.69) is 47.0 Å². The molecule has 0 aliphatic rings. The van der Waals surface area contributed by atoms with Crippen molar-refractivity contribution in [3.05, 3.63) is 45.0 Å². The Morgan fingerprint density at radius 2 is 2.00 bits per heavy atom. The Morgan fingerprint density at radius 1 is 1.19 bits per heavy atom. The molecule has 7 heteroatoms. The zero-order chi connectivity index (χ0) is 15.0. The molecule has 106 valence electrons. The number of nitrogen functional groups attached to an aromatic ring is 1. The molecule has 2 aromatic heterocycles. The molecule has 0 atom stereocenters. The van der Waals surface area contributed by atoms with Gasteiger partial charge in [-0.05, 0) is 52.7 Å². The maximum atomic E-state index is 6.04. The topological polar surface area (TPSA) is 77.8 Å². The Bertz CT molecular complexity index is 816. The van der Waals surface area contributed by atoms with Gasteiger partial charge >= 0.3 is 0 Å². The first kappa shape index (κ1) is 14.2. The van der Waals surface area contributed by atoms with Crippen LogP contribution >= 0.6 is 31.9 Å². The Labute approximate surface area is 137 Å². The molecule has 0 aliphatic carbocycles. The molecule has 5 nitrogen and oxygen atoms in total. The highest BCUT2D eigenvalue weighted by Gasteiger charge is 2.16. The van der Waals surface area contributed by atoms with Gasteiger partial charge in [0.1, 0.15) is 5.69 Å². The van der Waals surface area contributed by atoms with Crippen molar-refractivity contribution in [2.75, 3.05) is 5.73 Å². The highest BCUT2D eigenvalue weighted by atomic mass is 79.9. The van der Waals surface area contributed by atoms with Gasteiger partial charge in [0, 0.05) is 15.1 Å². The van der Waals surface area contributed by atoms with Gasteiger partial charge in [-0.25, -0.2) is 0 Å².